The molecule has 1 aliphatic heterocycles. The zero-order chi connectivity index (χ0) is 26.4. The van der Waals surface area contributed by atoms with E-state index in [1.165, 1.54) is 5.39 Å². The summed E-state index contributed by atoms with van der Waals surface area (Å²) >= 11 is 0. The van der Waals surface area contributed by atoms with Crippen molar-refractivity contribution in [1.82, 2.24) is 9.38 Å². The fourth-order valence-electron chi connectivity index (χ4n) is 5.75. The van der Waals surface area contributed by atoms with E-state index < -0.39 is 18.3 Å². The number of nitrogens with zero attached hydrogens (tertiary/aromatic N) is 2. The van der Waals surface area contributed by atoms with Gasteiger partial charge in [-0.15, -0.1) is 0 Å². The maximum absolute atomic E-state index is 6.42. The third-order valence-electron chi connectivity index (χ3n) is 8.47. The predicted octanol–water partition coefficient (Wildman–Crippen LogP) is 5.62. The number of hydrogen-bond donors (Lipinski definition) is 0. The van der Waals surface area contributed by atoms with Gasteiger partial charge in [0.05, 0.1) is 27.8 Å². The van der Waals surface area contributed by atoms with Gasteiger partial charge >= 0.3 is 7.12 Å². The molecule has 2 aromatic heterocycles. The average molecular weight is 496 g/mol. The van der Waals surface area contributed by atoms with Crippen molar-refractivity contribution in [1.29, 1.82) is 0 Å². The van der Waals surface area contributed by atoms with Crippen LogP contribution < -0.4 is 15.9 Å². The van der Waals surface area contributed by atoms with E-state index in [0.717, 1.165) is 59.6 Å². The molecule has 0 atom stereocenters. The van der Waals surface area contributed by atoms with Crippen LogP contribution in [0.2, 0.25) is 0 Å². The lowest BCUT2D eigenvalue weighted by atomic mass is 9.78. The van der Waals surface area contributed by atoms with Crippen molar-refractivity contribution < 1.29 is 9.31 Å². The number of fused-ring (bicyclic) bond motifs is 10. The second kappa shape index (κ2) is 7.79. The summed E-state index contributed by atoms with van der Waals surface area (Å²) < 4.78 is 15.1. The lowest BCUT2D eigenvalue weighted by Crippen LogP contribution is -2.41. The van der Waals surface area contributed by atoms with Gasteiger partial charge in [-0.1, -0.05) is 79.9 Å². The maximum Gasteiger partial charge on any atom is 0.494 e. The number of hydrogen-bond acceptors (Lipinski definition) is 3. The molecule has 4 aromatic carbocycles. The Labute approximate surface area is 221 Å². The van der Waals surface area contributed by atoms with Crippen LogP contribution in [0.1, 0.15) is 27.7 Å². The smallest absolute Gasteiger partial charge is 0.399 e. The molecule has 4 nitrogen and oxygen atoms in total. The lowest BCUT2D eigenvalue weighted by Gasteiger charge is -2.32. The lowest BCUT2D eigenvalue weighted by molar-refractivity contribution is 0.00578. The summed E-state index contributed by atoms with van der Waals surface area (Å²) in [6, 6.07) is 23.5. The van der Waals surface area contributed by atoms with E-state index in [1.807, 2.05) is 12.2 Å². The van der Waals surface area contributed by atoms with E-state index in [0.29, 0.717) is 0 Å². The van der Waals surface area contributed by atoms with Crippen LogP contribution in [0, 0.1) is 0 Å². The van der Waals surface area contributed by atoms with Crippen molar-refractivity contribution in [3.05, 3.63) is 89.8 Å². The van der Waals surface area contributed by atoms with Gasteiger partial charge in [0.15, 0.2) is 0 Å². The minimum Gasteiger partial charge on any atom is -0.399 e. The SMILES string of the molecule is C=C/C=c1\c(=C)ccc2c3ccc(B4OC(C)(C)C(C)(C)O4)cc3n3c4ccc5ccccc5c4nc3c12. The van der Waals surface area contributed by atoms with Crippen LogP contribution in [-0.4, -0.2) is 27.7 Å². The van der Waals surface area contributed by atoms with Gasteiger partial charge in [-0.05, 0) is 66.5 Å². The maximum atomic E-state index is 6.42. The Kier molecular flexibility index (Phi) is 4.76. The summed E-state index contributed by atoms with van der Waals surface area (Å²) in [5, 5.41) is 7.65. The molecule has 1 fully saturated rings. The summed E-state index contributed by atoms with van der Waals surface area (Å²) in [6.45, 7) is 16.6. The highest BCUT2D eigenvalue weighted by Crippen LogP contribution is 2.37. The Balaban J connectivity index is 1.67. The summed E-state index contributed by atoms with van der Waals surface area (Å²) in [5.74, 6) is 0. The standard InChI is InChI=1S/C33H29BN2O2/c1-7-10-23-20(2)13-16-26-25-17-15-22(34-37-32(3,4)33(5,6)38-34)19-28(25)36-27-18-14-21-11-8-9-12-24(21)30(27)35-31(36)29(23)26/h7-19H,1-2H2,3-6H3/b23-10+. The van der Waals surface area contributed by atoms with Crippen LogP contribution >= 0.6 is 0 Å². The molecule has 3 heterocycles. The number of allylic oxidation sites excluding steroid dienone is 1. The molecule has 0 saturated carbocycles. The molecule has 1 aliphatic rings. The molecule has 0 spiro atoms. The normalized spacial score (nSPS) is 17.5. The molecule has 0 radical (unpaired) electrons. The van der Waals surface area contributed by atoms with Crippen molar-refractivity contribution >= 4 is 74.4 Å². The van der Waals surface area contributed by atoms with Crippen molar-refractivity contribution in [2.24, 2.45) is 0 Å². The van der Waals surface area contributed by atoms with E-state index >= 15 is 0 Å². The Morgan fingerprint density at radius 1 is 0.842 bits per heavy atom. The van der Waals surface area contributed by atoms with Gasteiger partial charge in [0.2, 0.25) is 0 Å². The first-order valence-electron chi connectivity index (χ1n) is 13.1. The van der Waals surface area contributed by atoms with Gasteiger partial charge in [0.1, 0.15) is 5.65 Å². The molecular weight excluding hydrogens is 467 g/mol. The Bertz CT molecular complexity index is 2070. The number of benzene rings is 4. The quantitative estimate of drug-likeness (QED) is 0.231. The van der Waals surface area contributed by atoms with Gasteiger partial charge in [0.25, 0.3) is 0 Å². The molecule has 0 unspecified atom stereocenters. The van der Waals surface area contributed by atoms with E-state index in [4.69, 9.17) is 14.3 Å². The molecular formula is C33H29BN2O2. The molecule has 1 saturated heterocycles. The second-order valence-corrected chi connectivity index (χ2v) is 11.3. The average Bonchev–Trinajstić information content (AvgIpc) is 3.39. The minimum atomic E-state index is -0.447. The fourth-order valence-corrected chi connectivity index (χ4v) is 5.75. The summed E-state index contributed by atoms with van der Waals surface area (Å²) in [7, 11) is -0.447. The highest BCUT2D eigenvalue weighted by Gasteiger charge is 2.51. The van der Waals surface area contributed by atoms with Crippen molar-refractivity contribution in [3.63, 3.8) is 0 Å². The molecule has 5 heteroatoms. The first kappa shape index (κ1) is 23.2. The Morgan fingerprint density at radius 3 is 2.34 bits per heavy atom. The first-order chi connectivity index (χ1) is 18.2. The third-order valence-corrected chi connectivity index (χ3v) is 8.47. The van der Waals surface area contributed by atoms with Crippen LogP contribution in [-0.2, 0) is 9.31 Å². The van der Waals surface area contributed by atoms with Gasteiger partial charge in [-0.3, -0.25) is 4.40 Å². The molecule has 0 bridgehead atoms. The number of aromatic nitrogens is 2. The van der Waals surface area contributed by atoms with Crippen LogP contribution in [0.4, 0.5) is 0 Å². The van der Waals surface area contributed by atoms with E-state index in [9.17, 15) is 0 Å². The number of pyridine rings is 1. The van der Waals surface area contributed by atoms with Gasteiger partial charge < -0.3 is 9.31 Å². The number of rotatable bonds is 2. The highest BCUT2D eigenvalue weighted by molar-refractivity contribution is 6.62. The van der Waals surface area contributed by atoms with Gasteiger partial charge in [0, 0.05) is 16.2 Å². The topological polar surface area (TPSA) is 35.8 Å². The molecule has 186 valence electrons. The summed E-state index contributed by atoms with van der Waals surface area (Å²) in [4.78, 5) is 5.30. The van der Waals surface area contributed by atoms with E-state index in [1.54, 1.807) is 0 Å². The van der Waals surface area contributed by atoms with Crippen LogP contribution in [0.15, 0.2) is 79.4 Å². The van der Waals surface area contributed by atoms with Crippen molar-refractivity contribution in [2.75, 3.05) is 0 Å². The summed E-state index contributed by atoms with van der Waals surface area (Å²) in [5.41, 5.74) is 4.19. The molecule has 38 heavy (non-hydrogen) atoms. The van der Waals surface area contributed by atoms with Crippen molar-refractivity contribution in [2.45, 2.75) is 38.9 Å². The Morgan fingerprint density at radius 2 is 1.58 bits per heavy atom. The second-order valence-electron chi connectivity index (χ2n) is 11.3. The van der Waals surface area contributed by atoms with Crippen LogP contribution in [0.3, 0.4) is 0 Å². The van der Waals surface area contributed by atoms with Crippen LogP contribution in [0.5, 0.6) is 0 Å². The summed E-state index contributed by atoms with van der Waals surface area (Å²) in [6.07, 6.45) is 3.86. The van der Waals surface area contributed by atoms with E-state index in [-0.39, 0.29) is 0 Å². The zero-order valence-corrected chi connectivity index (χ0v) is 22.2. The Hall–Kier alpha value is -3.93. The fraction of sp³-hybridized carbons (Fsp3) is 0.182. The largest absolute Gasteiger partial charge is 0.494 e. The zero-order valence-electron chi connectivity index (χ0n) is 22.2. The van der Waals surface area contributed by atoms with Crippen LogP contribution in [0.25, 0.3) is 61.8 Å². The first-order valence-corrected chi connectivity index (χ1v) is 13.1. The predicted molar refractivity (Wildman–Crippen MR) is 160 cm³/mol. The molecule has 7 rings (SSSR count). The minimum absolute atomic E-state index is 0.411. The third kappa shape index (κ3) is 3.09. The van der Waals surface area contributed by atoms with E-state index in [2.05, 4.69) is 112 Å². The highest BCUT2D eigenvalue weighted by atomic mass is 16.7. The molecule has 6 aromatic rings. The molecule has 0 aliphatic carbocycles. The number of imidazole rings is 1. The monoisotopic (exact) mass is 496 g/mol. The van der Waals surface area contributed by atoms with Crippen molar-refractivity contribution in [3.8, 4) is 0 Å². The molecule has 0 N–H and O–H groups in total. The van der Waals surface area contributed by atoms with Gasteiger partial charge in [-0.2, -0.15) is 0 Å². The molecule has 0 amide bonds. The van der Waals surface area contributed by atoms with Gasteiger partial charge in [-0.25, -0.2) is 4.98 Å².